The zero-order valence-electron chi connectivity index (χ0n) is 14.9. The Hall–Kier alpha value is -1.60. The Bertz CT molecular complexity index is 666. The molecule has 2 saturated carbocycles. The second-order valence-corrected chi connectivity index (χ2v) is 8.61. The molecule has 1 heteroatoms. The second kappa shape index (κ2) is 5.46. The van der Waals surface area contributed by atoms with Crippen LogP contribution < -0.4 is 0 Å². The number of fused-ring (bicyclic) bond motifs is 2. The van der Waals surface area contributed by atoms with Gasteiger partial charge in [0, 0.05) is 5.92 Å². The van der Waals surface area contributed by atoms with Crippen molar-refractivity contribution in [3.8, 4) is 0 Å². The van der Waals surface area contributed by atoms with Crippen molar-refractivity contribution in [1.29, 1.82) is 0 Å². The summed E-state index contributed by atoms with van der Waals surface area (Å²) in [6.07, 6.45) is 2.15. The molecule has 126 valence electrons. The van der Waals surface area contributed by atoms with E-state index in [-0.39, 0.29) is 22.9 Å². The molecule has 2 bridgehead atoms. The van der Waals surface area contributed by atoms with Crippen LogP contribution in [0.25, 0.3) is 0 Å². The molecule has 0 heterocycles. The number of aliphatic hydroxyl groups excluding tert-OH is 1. The van der Waals surface area contributed by atoms with Crippen molar-refractivity contribution in [2.45, 2.75) is 45.6 Å². The summed E-state index contributed by atoms with van der Waals surface area (Å²) in [6, 6.07) is 21.6. The van der Waals surface area contributed by atoms with Crippen LogP contribution in [0.4, 0.5) is 0 Å². The number of hydrogen-bond acceptors (Lipinski definition) is 1. The predicted octanol–water partition coefficient (Wildman–Crippen LogP) is 5.25. The van der Waals surface area contributed by atoms with E-state index in [1.54, 1.807) is 0 Å². The van der Waals surface area contributed by atoms with E-state index in [9.17, 15) is 5.11 Å². The molecule has 1 nitrogen and oxygen atoms in total. The quantitative estimate of drug-likeness (QED) is 0.818. The zero-order chi connectivity index (χ0) is 16.9. The summed E-state index contributed by atoms with van der Waals surface area (Å²) in [5, 5.41) is 11.4. The van der Waals surface area contributed by atoms with Crippen molar-refractivity contribution in [2.75, 3.05) is 0 Å². The van der Waals surface area contributed by atoms with E-state index in [0.29, 0.717) is 11.8 Å². The third-order valence-corrected chi connectivity index (χ3v) is 7.56. The number of hydrogen-bond donors (Lipinski definition) is 1. The first kappa shape index (κ1) is 15.9. The molecule has 0 unspecified atom stereocenters. The minimum Gasteiger partial charge on any atom is -0.392 e. The van der Waals surface area contributed by atoms with Gasteiger partial charge in [-0.3, -0.25) is 0 Å². The lowest BCUT2D eigenvalue weighted by Crippen LogP contribution is -2.39. The van der Waals surface area contributed by atoms with E-state index in [4.69, 9.17) is 0 Å². The van der Waals surface area contributed by atoms with Crippen LogP contribution in [0.5, 0.6) is 0 Å². The van der Waals surface area contributed by atoms with Gasteiger partial charge in [0.15, 0.2) is 0 Å². The first-order valence-corrected chi connectivity index (χ1v) is 9.25. The third-order valence-electron chi connectivity index (χ3n) is 7.56. The molecule has 4 atom stereocenters. The minimum absolute atomic E-state index is 0.0319. The van der Waals surface area contributed by atoms with Crippen LogP contribution in [0.2, 0.25) is 0 Å². The highest BCUT2D eigenvalue weighted by Crippen LogP contribution is 2.70. The van der Waals surface area contributed by atoms with E-state index in [1.807, 2.05) is 0 Å². The van der Waals surface area contributed by atoms with Gasteiger partial charge in [-0.1, -0.05) is 81.4 Å². The van der Waals surface area contributed by atoms with Crippen LogP contribution in [0, 0.1) is 22.7 Å². The van der Waals surface area contributed by atoms with E-state index < -0.39 is 0 Å². The van der Waals surface area contributed by atoms with Gasteiger partial charge in [0.05, 0.1) is 6.10 Å². The van der Waals surface area contributed by atoms with Gasteiger partial charge in [0.2, 0.25) is 0 Å². The first-order valence-electron chi connectivity index (χ1n) is 9.25. The van der Waals surface area contributed by atoms with Crippen LogP contribution in [-0.4, -0.2) is 11.2 Å². The maximum atomic E-state index is 11.4. The van der Waals surface area contributed by atoms with E-state index in [2.05, 4.69) is 81.4 Å². The highest BCUT2D eigenvalue weighted by atomic mass is 16.3. The fourth-order valence-corrected chi connectivity index (χ4v) is 5.78. The first-order chi connectivity index (χ1) is 11.5. The maximum Gasteiger partial charge on any atom is 0.0639 e. The van der Waals surface area contributed by atoms with Gasteiger partial charge in [-0.15, -0.1) is 0 Å². The lowest BCUT2D eigenvalue weighted by Gasteiger charge is -2.39. The lowest BCUT2D eigenvalue weighted by atomic mass is 9.69. The fourth-order valence-electron chi connectivity index (χ4n) is 5.78. The van der Waals surface area contributed by atoms with E-state index >= 15 is 0 Å². The van der Waals surface area contributed by atoms with Crippen molar-refractivity contribution in [3.05, 3.63) is 71.8 Å². The van der Waals surface area contributed by atoms with Gasteiger partial charge in [0.25, 0.3) is 0 Å². The third kappa shape index (κ3) is 2.04. The van der Waals surface area contributed by atoms with E-state index in [1.165, 1.54) is 17.5 Å². The SMILES string of the molecule is CC1(C)[C@H]2CC[C@]1(C)[C@H](O)[C@@H]2C(c1ccccc1)c1ccccc1. The molecule has 2 fully saturated rings. The molecule has 1 N–H and O–H groups in total. The molecule has 4 rings (SSSR count). The number of benzene rings is 2. The Morgan fingerprint density at radius 3 is 1.79 bits per heavy atom. The normalized spacial score (nSPS) is 34.0. The summed E-state index contributed by atoms with van der Waals surface area (Å²) in [5.41, 5.74) is 2.89. The molecule has 0 radical (unpaired) electrons. The monoisotopic (exact) mass is 320 g/mol. The summed E-state index contributed by atoms with van der Waals surface area (Å²) in [4.78, 5) is 0. The highest BCUT2D eigenvalue weighted by Gasteiger charge is 2.67. The fraction of sp³-hybridized carbons (Fsp3) is 0.478. The van der Waals surface area contributed by atoms with Crippen LogP contribution in [-0.2, 0) is 0 Å². The molecule has 2 aliphatic rings. The average molecular weight is 320 g/mol. The molecular weight excluding hydrogens is 292 g/mol. The van der Waals surface area contributed by atoms with Gasteiger partial charge < -0.3 is 5.11 Å². The summed E-state index contributed by atoms with van der Waals surface area (Å²) >= 11 is 0. The maximum absolute atomic E-state index is 11.4. The molecule has 2 aliphatic carbocycles. The van der Waals surface area contributed by atoms with Crippen molar-refractivity contribution in [1.82, 2.24) is 0 Å². The molecule has 0 aliphatic heterocycles. The molecule has 0 amide bonds. The largest absolute Gasteiger partial charge is 0.392 e. The van der Waals surface area contributed by atoms with Crippen molar-refractivity contribution in [2.24, 2.45) is 22.7 Å². The van der Waals surface area contributed by atoms with Gasteiger partial charge in [-0.25, -0.2) is 0 Å². The van der Waals surface area contributed by atoms with Crippen LogP contribution >= 0.6 is 0 Å². The van der Waals surface area contributed by atoms with Gasteiger partial charge >= 0.3 is 0 Å². The van der Waals surface area contributed by atoms with Crippen LogP contribution in [0.3, 0.4) is 0 Å². The molecule has 0 spiro atoms. The standard InChI is InChI=1S/C23H28O/c1-22(2)18-14-15-23(22,3)21(24)20(18)19(16-10-6-4-7-11-16)17-12-8-5-9-13-17/h4-13,18-21,24H,14-15H2,1-3H3/t18-,20-,21+,23+/m0/s1. The lowest BCUT2D eigenvalue weighted by molar-refractivity contribution is -0.0139. The van der Waals surface area contributed by atoms with Crippen molar-refractivity contribution >= 4 is 0 Å². The highest BCUT2D eigenvalue weighted by molar-refractivity contribution is 5.36. The molecule has 24 heavy (non-hydrogen) atoms. The molecule has 2 aromatic carbocycles. The van der Waals surface area contributed by atoms with Crippen molar-refractivity contribution in [3.63, 3.8) is 0 Å². The average Bonchev–Trinajstić information content (AvgIpc) is 2.91. The van der Waals surface area contributed by atoms with Gasteiger partial charge in [-0.2, -0.15) is 0 Å². The van der Waals surface area contributed by atoms with Gasteiger partial charge in [0.1, 0.15) is 0 Å². The van der Waals surface area contributed by atoms with Gasteiger partial charge in [-0.05, 0) is 46.6 Å². The molecular formula is C23H28O. The molecule has 0 aromatic heterocycles. The Balaban J connectivity index is 1.84. The summed E-state index contributed by atoms with van der Waals surface area (Å²) < 4.78 is 0. The summed E-state index contributed by atoms with van der Waals surface area (Å²) in [7, 11) is 0. The topological polar surface area (TPSA) is 20.2 Å². The second-order valence-electron chi connectivity index (χ2n) is 8.61. The number of rotatable bonds is 3. The Morgan fingerprint density at radius 1 is 0.875 bits per heavy atom. The van der Waals surface area contributed by atoms with E-state index in [0.717, 1.165) is 6.42 Å². The molecule has 2 aromatic rings. The Labute approximate surface area is 145 Å². The summed E-state index contributed by atoms with van der Waals surface area (Å²) in [5.74, 6) is 1.14. The summed E-state index contributed by atoms with van der Waals surface area (Å²) in [6.45, 7) is 7.06. The number of aliphatic hydroxyl groups is 1. The zero-order valence-corrected chi connectivity index (χ0v) is 14.9. The molecule has 0 saturated heterocycles. The smallest absolute Gasteiger partial charge is 0.0639 e. The Morgan fingerprint density at radius 2 is 1.38 bits per heavy atom. The van der Waals surface area contributed by atoms with Crippen LogP contribution in [0.15, 0.2) is 60.7 Å². The van der Waals surface area contributed by atoms with Crippen molar-refractivity contribution < 1.29 is 5.11 Å². The minimum atomic E-state index is -0.239. The van der Waals surface area contributed by atoms with Crippen LogP contribution in [0.1, 0.15) is 50.7 Å². The Kier molecular flexibility index (Phi) is 3.61. The predicted molar refractivity (Wildman–Crippen MR) is 98.8 cm³/mol.